The average Bonchev–Trinajstić information content (AvgIpc) is 3.40. The molecule has 0 bridgehead atoms. The number of nitrogens with one attached hydrogen (secondary N) is 1. The van der Waals surface area contributed by atoms with E-state index in [1.165, 1.54) is 22.5 Å². The molecular formula is C20H26N4O2S. The molecule has 27 heavy (non-hydrogen) atoms. The highest BCUT2D eigenvalue weighted by Gasteiger charge is 2.28. The van der Waals surface area contributed by atoms with Gasteiger partial charge in [-0.2, -0.15) is 0 Å². The monoisotopic (exact) mass is 386 g/mol. The van der Waals surface area contributed by atoms with Gasteiger partial charge in [0.25, 0.3) is 0 Å². The van der Waals surface area contributed by atoms with E-state index in [4.69, 9.17) is 4.74 Å². The van der Waals surface area contributed by atoms with Crippen molar-refractivity contribution in [1.82, 2.24) is 15.1 Å². The Morgan fingerprint density at radius 3 is 2.74 bits per heavy atom. The van der Waals surface area contributed by atoms with Crippen molar-refractivity contribution in [1.29, 1.82) is 0 Å². The lowest BCUT2D eigenvalue weighted by atomic mass is 10.1. The van der Waals surface area contributed by atoms with Crippen LogP contribution in [0.3, 0.4) is 0 Å². The molecule has 1 aromatic heterocycles. The molecule has 2 aromatic rings. The number of hydrogen-bond acceptors (Lipinski definition) is 6. The number of aromatic nitrogens is 2. The summed E-state index contributed by atoms with van der Waals surface area (Å²) in [5, 5.41) is 12.7. The molecule has 1 N–H and O–H groups in total. The Kier molecular flexibility index (Phi) is 5.80. The second kappa shape index (κ2) is 8.46. The fourth-order valence-corrected chi connectivity index (χ4v) is 4.85. The van der Waals surface area contributed by atoms with Crippen LogP contribution in [0.25, 0.3) is 0 Å². The molecule has 2 heterocycles. The third-order valence-electron chi connectivity index (χ3n) is 5.30. The van der Waals surface area contributed by atoms with Crippen LogP contribution in [0.1, 0.15) is 48.4 Å². The molecule has 1 atom stereocenters. The van der Waals surface area contributed by atoms with E-state index in [0.717, 1.165) is 50.3 Å². The predicted molar refractivity (Wildman–Crippen MR) is 106 cm³/mol. The molecule has 0 spiro atoms. The maximum absolute atomic E-state index is 12.6. The normalized spacial score (nSPS) is 19.6. The molecule has 1 saturated heterocycles. The van der Waals surface area contributed by atoms with Gasteiger partial charge >= 0.3 is 0 Å². The third-order valence-corrected chi connectivity index (χ3v) is 6.23. The highest BCUT2D eigenvalue weighted by molar-refractivity contribution is 7.15. The highest BCUT2D eigenvalue weighted by Crippen LogP contribution is 2.32. The number of fused-ring (bicyclic) bond motifs is 1. The molecule has 1 aliphatic carbocycles. The summed E-state index contributed by atoms with van der Waals surface area (Å²) in [4.78, 5) is 14.9. The maximum Gasteiger partial charge on any atom is 0.240 e. The minimum absolute atomic E-state index is 0.0190. The third kappa shape index (κ3) is 4.36. The SMILES string of the molecule is CCCN(CC(=O)Nc1nnc(C2CCCO2)s1)C1Cc2ccccc2C1. The van der Waals surface area contributed by atoms with Gasteiger partial charge in [-0.1, -0.05) is 42.5 Å². The van der Waals surface area contributed by atoms with Crippen LogP contribution in [0.2, 0.25) is 0 Å². The molecule has 1 fully saturated rings. The van der Waals surface area contributed by atoms with E-state index < -0.39 is 0 Å². The fourth-order valence-electron chi connectivity index (χ4n) is 4.00. The first kappa shape index (κ1) is 18.5. The zero-order valence-corrected chi connectivity index (χ0v) is 16.5. The molecule has 1 aromatic carbocycles. The second-order valence-corrected chi connectivity index (χ2v) is 8.31. The van der Waals surface area contributed by atoms with E-state index in [1.807, 2.05) is 0 Å². The topological polar surface area (TPSA) is 67.4 Å². The van der Waals surface area contributed by atoms with Gasteiger partial charge in [-0.3, -0.25) is 15.0 Å². The Morgan fingerprint density at radius 2 is 2.07 bits per heavy atom. The highest BCUT2D eigenvalue weighted by atomic mass is 32.1. The number of anilines is 1. The molecule has 2 aliphatic rings. The van der Waals surface area contributed by atoms with Crippen LogP contribution in [0.4, 0.5) is 5.13 Å². The quantitative estimate of drug-likeness (QED) is 0.791. The van der Waals surface area contributed by atoms with E-state index in [1.54, 1.807) is 0 Å². The molecule has 144 valence electrons. The van der Waals surface area contributed by atoms with Crippen LogP contribution in [0.5, 0.6) is 0 Å². The molecule has 0 saturated carbocycles. The van der Waals surface area contributed by atoms with Gasteiger partial charge in [0, 0.05) is 12.6 Å². The Hall–Kier alpha value is -1.83. The number of ether oxygens (including phenoxy) is 1. The number of nitrogens with zero attached hydrogens (tertiary/aromatic N) is 3. The van der Waals surface area contributed by atoms with Gasteiger partial charge in [-0.25, -0.2) is 0 Å². The van der Waals surface area contributed by atoms with Crippen molar-refractivity contribution in [2.45, 2.75) is 51.2 Å². The average molecular weight is 387 g/mol. The van der Waals surface area contributed by atoms with Gasteiger partial charge < -0.3 is 4.74 Å². The smallest absolute Gasteiger partial charge is 0.240 e. The molecule has 6 nitrogen and oxygen atoms in total. The summed E-state index contributed by atoms with van der Waals surface area (Å²) < 4.78 is 5.64. The van der Waals surface area contributed by atoms with Gasteiger partial charge in [-0.15, -0.1) is 10.2 Å². The molecule has 4 rings (SSSR count). The zero-order valence-electron chi connectivity index (χ0n) is 15.7. The molecule has 1 aliphatic heterocycles. The Morgan fingerprint density at radius 1 is 1.30 bits per heavy atom. The first-order valence-electron chi connectivity index (χ1n) is 9.78. The summed E-state index contributed by atoms with van der Waals surface area (Å²) in [7, 11) is 0. The van der Waals surface area contributed by atoms with Gasteiger partial charge in [0.1, 0.15) is 11.1 Å². The van der Waals surface area contributed by atoms with E-state index in [9.17, 15) is 4.79 Å². The molecule has 0 radical (unpaired) electrons. The molecule has 7 heteroatoms. The number of benzene rings is 1. The number of carbonyl (C=O) groups excluding carboxylic acids is 1. The summed E-state index contributed by atoms with van der Waals surface area (Å²) >= 11 is 1.42. The lowest BCUT2D eigenvalue weighted by Crippen LogP contribution is -2.41. The van der Waals surface area contributed by atoms with Crippen LogP contribution in [-0.2, 0) is 22.4 Å². The lowest BCUT2D eigenvalue weighted by Gasteiger charge is -2.27. The number of amides is 1. The van der Waals surface area contributed by atoms with Crippen molar-refractivity contribution in [2.24, 2.45) is 0 Å². The lowest BCUT2D eigenvalue weighted by molar-refractivity contribution is -0.117. The minimum Gasteiger partial charge on any atom is -0.371 e. The molecule has 1 unspecified atom stereocenters. The van der Waals surface area contributed by atoms with Crippen LogP contribution >= 0.6 is 11.3 Å². The number of hydrogen-bond donors (Lipinski definition) is 1. The van der Waals surface area contributed by atoms with Crippen LogP contribution in [-0.4, -0.2) is 46.7 Å². The Labute approximate surface area is 163 Å². The van der Waals surface area contributed by atoms with Crippen molar-refractivity contribution >= 4 is 22.4 Å². The van der Waals surface area contributed by atoms with Gasteiger partial charge in [0.15, 0.2) is 0 Å². The fraction of sp³-hybridized carbons (Fsp3) is 0.550. The Balaban J connectivity index is 1.35. The first-order valence-corrected chi connectivity index (χ1v) is 10.6. The van der Waals surface area contributed by atoms with Gasteiger partial charge in [0.2, 0.25) is 11.0 Å². The van der Waals surface area contributed by atoms with Crippen LogP contribution < -0.4 is 5.32 Å². The van der Waals surface area contributed by atoms with Gasteiger partial charge in [-0.05, 0) is 49.8 Å². The standard InChI is InChI=1S/C20H26N4O2S/c1-2-9-24(16-11-14-6-3-4-7-15(14)12-16)13-18(25)21-20-23-22-19(27-20)17-8-5-10-26-17/h3-4,6-7,16-17H,2,5,8-13H2,1H3,(H,21,23,25). The summed E-state index contributed by atoms with van der Waals surface area (Å²) in [5.41, 5.74) is 2.82. The van der Waals surface area contributed by atoms with Crippen molar-refractivity contribution < 1.29 is 9.53 Å². The zero-order chi connectivity index (χ0) is 18.6. The van der Waals surface area contributed by atoms with Gasteiger partial charge in [0.05, 0.1) is 6.54 Å². The van der Waals surface area contributed by atoms with E-state index in [2.05, 4.69) is 51.6 Å². The second-order valence-electron chi connectivity index (χ2n) is 7.30. The predicted octanol–water partition coefficient (Wildman–Crippen LogP) is 3.21. The van der Waals surface area contributed by atoms with Crippen molar-refractivity contribution in [2.75, 3.05) is 25.0 Å². The largest absolute Gasteiger partial charge is 0.371 e. The van der Waals surface area contributed by atoms with Crippen molar-refractivity contribution in [3.8, 4) is 0 Å². The Bertz CT molecular complexity index is 763. The van der Waals surface area contributed by atoms with Crippen molar-refractivity contribution in [3.63, 3.8) is 0 Å². The number of carbonyl (C=O) groups is 1. The summed E-state index contributed by atoms with van der Waals surface area (Å²) in [6.45, 7) is 4.25. The molecular weight excluding hydrogens is 360 g/mol. The van der Waals surface area contributed by atoms with E-state index in [-0.39, 0.29) is 12.0 Å². The van der Waals surface area contributed by atoms with Crippen LogP contribution in [0.15, 0.2) is 24.3 Å². The number of rotatable bonds is 7. The van der Waals surface area contributed by atoms with E-state index in [0.29, 0.717) is 17.7 Å². The summed E-state index contributed by atoms with van der Waals surface area (Å²) in [6, 6.07) is 8.99. The summed E-state index contributed by atoms with van der Waals surface area (Å²) in [6.07, 6.45) is 5.15. The van der Waals surface area contributed by atoms with E-state index >= 15 is 0 Å². The molecule has 1 amide bonds. The van der Waals surface area contributed by atoms with Crippen molar-refractivity contribution in [3.05, 3.63) is 40.4 Å². The summed E-state index contributed by atoms with van der Waals surface area (Å²) in [5.74, 6) is -0.0190. The van der Waals surface area contributed by atoms with Crippen LogP contribution in [0, 0.1) is 0 Å². The minimum atomic E-state index is -0.0190. The first-order chi connectivity index (χ1) is 13.2. The maximum atomic E-state index is 12.6.